The molecule has 6 nitrogen and oxygen atoms in total. The molecule has 0 aliphatic carbocycles. The number of aromatic nitrogens is 2. The van der Waals surface area contributed by atoms with Gasteiger partial charge in [-0.3, -0.25) is 5.32 Å². The second-order valence-corrected chi connectivity index (χ2v) is 6.96. The van der Waals surface area contributed by atoms with Gasteiger partial charge in [0.2, 0.25) is 5.13 Å². The van der Waals surface area contributed by atoms with Gasteiger partial charge < -0.3 is 9.47 Å². The van der Waals surface area contributed by atoms with Gasteiger partial charge in [-0.2, -0.15) is 0 Å². The number of hydrogen-bond acceptors (Lipinski definition) is 6. The lowest BCUT2D eigenvalue weighted by Gasteiger charge is -2.18. The molecule has 0 atom stereocenters. The fourth-order valence-corrected chi connectivity index (χ4v) is 2.22. The third-order valence-electron chi connectivity index (χ3n) is 2.33. The predicted molar refractivity (Wildman–Crippen MR) is 85.5 cm³/mol. The fraction of sp³-hybridized carbons (Fsp3) is 0.357. The maximum atomic E-state index is 13.3. The maximum absolute atomic E-state index is 13.3. The second kappa shape index (κ2) is 7.10. The first-order valence-electron chi connectivity index (χ1n) is 6.63. The van der Waals surface area contributed by atoms with Crippen molar-refractivity contribution in [1.29, 1.82) is 0 Å². The molecule has 0 aliphatic heterocycles. The summed E-state index contributed by atoms with van der Waals surface area (Å²) in [5.74, 6) is -0.238. The number of hydrogen-bond donors (Lipinski definition) is 1. The normalized spacial score (nSPS) is 11.2. The number of carbonyl (C=O) groups is 1. The summed E-state index contributed by atoms with van der Waals surface area (Å²) in [6, 6.07) is 4.14. The summed E-state index contributed by atoms with van der Waals surface area (Å²) in [6.45, 7) is 5.38. The van der Waals surface area contributed by atoms with Crippen LogP contribution >= 0.6 is 22.9 Å². The molecular weight excluding hydrogens is 345 g/mol. The van der Waals surface area contributed by atoms with Gasteiger partial charge in [-0.1, -0.05) is 22.9 Å². The highest BCUT2D eigenvalue weighted by molar-refractivity contribution is 7.15. The van der Waals surface area contributed by atoms with Crippen molar-refractivity contribution in [1.82, 2.24) is 10.2 Å². The Hall–Kier alpha value is -1.93. The summed E-state index contributed by atoms with van der Waals surface area (Å²) in [5.41, 5.74) is -0.598. The molecule has 0 radical (unpaired) electrons. The number of ether oxygens (including phenoxy) is 2. The molecular formula is C14H15ClFN3O3S. The zero-order valence-corrected chi connectivity index (χ0v) is 14.3. The molecule has 0 saturated heterocycles. The molecule has 2 rings (SSSR count). The van der Waals surface area contributed by atoms with E-state index >= 15 is 0 Å². The molecule has 0 fully saturated rings. The molecule has 1 heterocycles. The standard InChI is InChI=1S/C14H15ClFN3O3S/c1-14(2,3)22-13(20)17-12-19-18-11(23-12)7-21-8-4-5-9(15)10(16)6-8/h4-6H,7H2,1-3H3,(H,17,19,20). The van der Waals surface area contributed by atoms with Gasteiger partial charge in [0.05, 0.1) is 5.02 Å². The van der Waals surface area contributed by atoms with E-state index in [0.29, 0.717) is 15.9 Å². The number of anilines is 1. The zero-order chi connectivity index (χ0) is 17.0. The van der Waals surface area contributed by atoms with Crippen LogP contribution in [-0.2, 0) is 11.3 Å². The van der Waals surface area contributed by atoms with Gasteiger partial charge in [-0.25, -0.2) is 9.18 Å². The van der Waals surface area contributed by atoms with Gasteiger partial charge >= 0.3 is 6.09 Å². The molecule has 1 aromatic carbocycles. The zero-order valence-electron chi connectivity index (χ0n) is 12.7. The Bertz CT molecular complexity index is 703. The van der Waals surface area contributed by atoms with E-state index in [1.165, 1.54) is 12.1 Å². The van der Waals surface area contributed by atoms with Crippen molar-refractivity contribution in [2.75, 3.05) is 5.32 Å². The van der Waals surface area contributed by atoms with Crippen LogP contribution in [0.15, 0.2) is 18.2 Å². The Morgan fingerprint density at radius 3 is 2.78 bits per heavy atom. The molecule has 9 heteroatoms. The Morgan fingerprint density at radius 1 is 1.39 bits per heavy atom. The molecule has 0 bridgehead atoms. The topological polar surface area (TPSA) is 73.3 Å². The Balaban J connectivity index is 1.89. The van der Waals surface area contributed by atoms with Gasteiger partial charge in [-0.15, -0.1) is 10.2 Å². The highest BCUT2D eigenvalue weighted by Crippen LogP contribution is 2.22. The van der Waals surface area contributed by atoms with Crippen LogP contribution in [0.25, 0.3) is 0 Å². The highest BCUT2D eigenvalue weighted by Gasteiger charge is 2.17. The Kier molecular flexibility index (Phi) is 5.38. The van der Waals surface area contributed by atoms with Crippen molar-refractivity contribution in [3.8, 4) is 5.75 Å². The summed E-state index contributed by atoms with van der Waals surface area (Å²) in [4.78, 5) is 11.6. The fourth-order valence-electron chi connectivity index (χ4n) is 1.47. The molecule has 1 aromatic heterocycles. The minimum atomic E-state index is -0.610. The smallest absolute Gasteiger partial charge is 0.414 e. The lowest BCUT2D eigenvalue weighted by Crippen LogP contribution is -2.27. The molecule has 2 aromatic rings. The SMILES string of the molecule is CC(C)(C)OC(=O)Nc1nnc(COc2ccc(Cl)c(F)c2)s1. The minimum Gasteiger partial charge on any atom is -0.486 e. The largest absolute Gasteiger partial charge is 0.486 e. The molecule has 0 spiro atoms. The van der Waals surface area contributed by atoms with Crippen molar-refractivity contribution in [3.63, 3.8) is 0 Å². The first-order chi connectivity index (χ1) is 10.7. The van der Waals surface area contributed by atoms with Crippen LogP contribution in [0.4, 0.5) is 14.3 Å². The van der Waals surface area contributed by atoms with Gasteiger partial charge in [0.15, 0.2) is 5.01 Å². The van der Waals surface area contributed by atoms with Gasteiger partial charge in [-0.05, 0) is 32.9 Å². The van der Waals surface area contributed by atoms with Gasteiger partial charge in [0, 0.05) is 6.07 Å². The second-order valence-electron chi connectivity index (χ2n) is 5.49. The maximum Gasteiger partial charge on any atom is 0.414 e. The molecule has 1 N–H and O–H groups in total. The molecule has 0 aliphatic rings. The van der Waals surface area contributed by atoms with Crippen LogP contribution in [0.3, 0.4) is 0 Å². The molecule has 0 saturated carbocycles. The van der Waals surface area contributed by atoms with Gasteiger partial charge in [0.25, 0.3) is 0 Å². The highest BCUT2D eigenvalue weighted by atomic mass is 35.5. The van der Waals surface area contributed by atoms with E-state index in [4.69, 9.17) is 21.1 Å². The summed E-state index contributed by atoms with van der Waals surface area (Å²) < 4.78 is 23.8. The number of rotatable bonds is 4. The van der Waals surface area contributed by atoms with E-state index < -0.39 is 17.5 Å². The Morgan fingerprint density at radius 2 is 2.13 bits per heavy atom. The minimum absolute atomic E-state index is 0.0251. The van der Waals surface area contributed by atoms with E-state index in [1.54, 1.807) is 26.8 Å². The van der Waals surface area contributed by atoms with Crippen LogP contribution in [0.2, 0.25) is 5.02 Å². The van der Waals surface area contributed by atoms with Crippen molar-refractivity contribution in [3.05, 3.63) is 34.0 Å². The Labute approximate surface area is 141 Å². The monoisotopic (exact) mass is 359 g/mol. The third-order valence-corrected chi connectivity index (χ3v) is 3.45. The van der Waals surface area contributed by atoms with E-state index in [1.807, 2.05) is 0 Å². The molecule has 124 valence electrons. The van der Waals surface area contributed by atoms with E-state index in [-0.39, 0.29) is 11.6 Å². The molecule has 0 unspecified atom stereocenters. The number of nitrogens with one attached hydrogen (secondary N) is 1. The number of amides is 1. The van der Waals surface area contributed by atoms with Crippen LogP contribution in [0.1, 0.15) is 25.8 Å². The third kappa shape index (κ3) is 5.65. The van der Waals surface area contributed by atoms with E-state index in [0.717, 1.165) is 11.3 Å². The van der Waals surface area contributed by atoms with Crippen LogP contribution in [-0.4, -0.2) is 21.9 Å². The van der Waals surface area contributed by atoms with Crippen LogP contribution in [0, 0.1) is 5.82 Å². The summed E-state index contributed by atoms with van der Waals surface area (Å²) >= 11 is 6.73. The van der Waals surface area contributed by atoms with Crippen molar-refractivity contribution >= 4 is 34.2 Å². The summed E-state index contributed by atoms with van der Waals surface area (Å²) in [6.07, 6.45) is -0.610. The number of benzene rings is 1. The van der Waals surface area contributed by atoms with Crippen LogP contribution < -0.4 is 10.1 Å². The first-order valence-corrected chi connectivity index (χ1v) is 7.82. The summed E-state index contributed by atoms with van der Waals surface area (Å²) in [5, 5.41) is 11.0. The first kappa shape index (κ1) is 17.4. The van der Waals surface area contributed by atoms with E-state index in [9.17, 15) is 9.18 Å². The number of carbonyl (C=O) groups excluding carboxylic acids is 1. The summed E-state index contributed by atoms with van der Waals surface area (Å²) in [7, 11) is 0. The van der Waals surface area contributed by atoms with E-state index in [2.05, 4.69) is 15.5 Å². The number of halogens is 2. The average Bonchev–Trinajstić information content (AvgIpc) is 2.85. The van der Waals surface area contributed by atoms with Crippen molar-refractivity contribution in [2.24, 2.45) is 0 Å². The average molecular weight is 360 g/mol. The predicted octanol–water partition coefficient (Wildman–Crippen LogP) is 4.26. The van der Waals surface area contributed by atoms with Gasteiger partial charge in [0.1, 0.15) is 23.8 Å². The lowest BCUT2D eigenvalue weighted by atomic mass is 10.2. The molecule has 1 amide bonds. The van der Waals surface area contributed by atoms with Crippen LogP contribution in [0.5, 0.6) is 5.75 Å². The quantitative estimate of drug-likeness (QED) is 0.883. The molecule has 23 heavy (non-hydrogen) atoms. The lowest BCUT2D eigenvalue weighted by molar-refractivity contribution is 0.0636. The van der Waals surface area contributed by atoms with Crippen molar-refractivity contribution < 1.29 is 18.7 Å². The number of nitrogens with zero attached hydrogens (tertiary/aromatic N) is 2. The van der Waals surface area contributed by atoms with Crippen molar-refractivity contribution in [2.45, 2.75) is 33.0 Å².